The Hall–Kier alpha value is -1.38. The van der Waals surface area contributed by atoms with Crippen LogP contribution in [0.2, 0.25) is 0 Å². The molecule has 8 heteroatoms. The number of nitrogens with one attached hydrogen (secondary N) is 1. The van der Waals surface area contributed by atoms with Crippen LogP contribution in [0, 0.1) is 13.8 Å². The largest absolute Gasteiger partial charge is 0.376 e. The summed E-state index contributed by atoms with van der Waals surface area (Å²) in [6.07, 6.45) is 6.46. The molecule has 0 spiro atoms. The third-order valence-corrected chi connectivity index (χ3v) is 8.24. The van der Waals surface area contributed by atoms with Gasteiger partial charge < -0.3 is 10.1 Å². The summed E-state index contributed by atoms with van der Waals surface area (Å²) in [5.74, 6) is -0.0311. The minimum Gasteiger partial charge on any atom is -0.376 e. The lowest BCUT2D eigenvalue weighted by atomic mass is 10.2. The SMILES string of the molecule is Cc1sc2nc(SC(C)C(=O)NCC3CCCO3)n(C3CCCC3)c(=O)c2c1C. The molecule has 2 fully saturated rings. The molecule has 2 atom stereocenters. The van der Waals surface area contributed by atoms with Crippen molar-refractivity contribution < 1.29 is 9.53 Å². The molecule has 0 aromatic carbocycles. The Bertz CT molecular complexity index is 956. The average molecular weight is 436 g/mol. The summed E-state index contributed by atoms with van der Waals surface area (Å²) >= 11 is 2.96. The number of thioether (sulfide) groups is 1. The summed E-state index contributed by atoms with van der Waals surface area (Å²) < 4.78 is 7.47. The van der Waals surface area contributed by atoms with E-state index in [1.807, 2.05) is 25.3 Å². The van der Waals surface area contributed by atoms with Gasteiger partial charge in [0.1, 0.15) is 4.83 Å². The molecular weight excluding hydrogens is 406 g/mol. The van der Waals surface area contributed by atoms with Crippen LogP contribution < -0.4 is 10.9 Å². The normalized spacial score (nSPS) is 21.1. The molecule has 6 nitrogen and oxygen atoms in total. The van der Waals surface area contributed by atoms with Gasteiger partial charge in [-0.05, 0) is 52.0 Å². The van der Waals surface area contributed by atoms with Crippen LogP contribution in [0.1, 0.15) is 61.9 Å². The van der Waals surface area contributed by atoms with Gasteiger partial charge in [0, 0.05) is 24.1 Å². The van der Waals surface area contributed by atoms with Crippen LogP contribution in [0.15, 0.2) is 9.95 Å². The summed E-state index contributed by atoms with van der Waals surface area (Å²) in [7, 11) is 0. The Morgan fingerprint density at radius 2 is 2.07 bits per heavy atom. The van der Waals surface area contributed by atoms with Crippen molar-refractivity contribution in [1.82, 2.24) is 14.9 Å². The molecule has 158 valence electrons. The maximum Gasteiger partial charge on any atom is 0.263 e. The number of rotatable bonds is 6. The van der Waals surface area contributed by atoms with E-state index in [-0.39, 0.29) is 28.9 Å². The van der Waals surface area contributed by atoms with Gasteiger partial charge in [-0.1, -0.05) is 24.6 Å². The van der Waals surface area contributed by atoms with E-state index >= 15 is 0 Å². The fraction of sp³-hybridized carbons (Fsp3) is 0.667. The predicted molar refractivity (Wildman–Crippen MR) is 118 cm³/mol. The van der Waals surface area contributed by atoms with E-state index in [0.717, 1.165) is 65.8 Å². The molecule has 0 bridgehead atoms. The standard InChI is InChI=1S/C21H29N3O3S2/c1-12-13(2)28-19-17(12)20(26)24(15-7-4-5-8-15)21(23-19)29-14(3)18(25)22-11-16-9-6-10-27-16/h14-16H,4-11H2,1-3H3,(H,22,25). The van der Waals surface area contributed by atoms with Gasteiger partial charge in [0.05, 0.1) is 16.7 Å². The van der Waals surface area contributed by atoms with Gasteiger partial charge >= 0.3 is 0 Å². The highest BCUT2D eigenvalue weighted by Gasteiger charge is 2.27. The van der Waals surface area contributed by atoms with Crippen LogP contribution >= 0.6 is 23.1 Å². The van der Waals surface area contributed by atoms with Crippen LogP contribution in [0.5, 0.6) is 0 Å². The van der Waals surface area contributed by atoms with E-state index < -0.39 is 0 Å². The van der Waals surface area contributed by atoms with E-state index in [4.69, 9.17) is 9.72 Å². The lowest BCUT2D eigenvalue weighted by Gasteiger charge is -2.20. The van der Waals surface area contributed by atoms with E-state index in [2.05, 4.69) is 5.32 Å². The number of fused-ring (bicyclic) bond motifs is 1. The van der Waals surface area contributed by atoms with E-state index in [9.17, 15) is 9.59 Å². The van der Waals surface area contributed by atoms with Crippen molar-refractivity contribution in [2.75, 3.05) is 13.2 Å². The predicted octanol–water partition coefficient (Wildman–Crippen LogP) is 3.97. The van der Waals surface area contributed by atoms with Crippen molar-refractivity contribution in [3.63, 3.8) is 0 Å². The first-order valence-corrected chi connectivity index (χ1v) is 12.2. The van der Waals surface area contributed by atoms with Crippen molar-refractivity contribution in [2.24, 2.45) is 0 Å². The minimum absolute atomic E-state index is 0.0311. The van der Waals surface area contributed by atoms with Gasteiger partial charge in [-0.3, -0.25) is 14.2 Å². The second kappa shape index (κ2) is 8.78. The fourth-order valence-electron chi connectivity index (χ4n) is 4.23. The first-order valence-electron chi connectivity index (χ1n) is 10.5. The van der Waals surface area contributed by atoms with Crippen LogP contribution in [-0.2, 0) is 9.53 Å². The number of carbonyl (C=O) groups excluding carboxylic acids is 1. The first kappa shape index (κ1) is 20.9. The van der Waals surface area contributed by atoms with Crippen molar-refractivity contribution in [1.29, 1.82) is 0 Å². The summed E-state index contributed by atoms with van der Waals surface area (Å²) in [6, 6.07) is 0.184. The van der Waals surface area contributed by atoms with Gasteiger partial charge in [-0.25, -0.2) is 4.98 Å². The Labute approximate surface area is 179 Å². The zero-order chi connectivity index (χ0) is 20.5. The van der Waals surface area contributed by atoms with Crippen LogP contribution in [0.25, 0.3) is 10.2 Å². The number of hydrogen-bond donors (Lipinski definition) is 1. The number of hydrogen-bond acceptors (Lipinski definition) is 6. The van der Waals surface area contributed by atoms with Gasteiger partial charge in [0.2, 0.25) is 5.91 Å². The first-order chi connectivity index (χ1) is 14.0. The number of aryl methyl sites for hydroxylation is 2. The monoisotopic (exact) mass is 435 g/mol. The number of amides is 1. The number of thiophene rings is 1. The fourth-order valence-corrected chi connectivity index (χ4v) is 6.30. The number of ether oxygens (including phenoxy) is 1. The van der Waals surface area contributed by atoms with Crippen molar-refractivity contribution in [3.05, 3.63) is 20.8 Å². The molecule has 1 saturated carbocycles. The van der Waals surface area contributed by atoms with Gasteiger partial charge in [0.25, 0.3) is 5.56 Å². The molecule has 2 aromatic heterocycles. The Balaban J connectivity index is 1.60. The van der Waals surface area contributed by atoms with Crippen LogP contribution in [0.3, 0.4) is 0 Å². The average Bonchev–Trinajstić information content (AvgIpc) is 3.43. The third kappa shape index (κ3) is 4.25. The molecular formula is C21H29N3O3S2. The summed E-state index contributed by atoms with van der Waals surface area (Å²) in [5.41, 5.74) is 1.09. The molecule has 1 aliphatic carbocycles. The maximum atomic E-state index is 13.4. The van der Waals surface area contributed by atoms with Gasteiger partial charge in [-0.2, -0.15) is 0 Å². The quantitative estimate of drug-likeness (QED) is 0.549. The molecule has 2 aromatic rings. The molecule has 1 amide bonds. The summed E-state index contributed by atoms with van der Waals surface area (Å²) in [5, 5.41) is 4.10. The highest BCUT2D eigenvalue weighted by Crippen LogP contribution is 2.35. The lowest BCUT2D eigenvalue weighted by molar-refractivity contribution is -0.120. The lowest BCUT2D eigenvalue weighted by Crippen LogP contribution is -2.37. The molecule has 2 unspecified atom stereocenters. The molecule has 0 radical (unpaired) electrons. The molecule has 3 heterocycles. The second-order valence-corrected chi connectivity index (χ2v) is 10.6. The van der Waals surface area contributed by atoms with Crippen LogP contribution in [0.4, 0.5) is 0 Å². The molecule has 4 rings (SSSR count). The van der Waals surface area contributed by atoms with E-state index in [1.54, 1.807) is 11.3 Å². The zero-order valence-electron chi connectivity index (χ0n) is 17.3. The topological polar surface area (TPSA) is 73.2 Å². The van der Waals surface area contributed by atoms with Crippen LogP contribution in [-0.4, -0.2) is 40.0 Å². The Kier molecular flexibility index (Phi) is 6.32. The zero-order valence-corrected chi connectivity index (χ0v) is 19.0. The van der Waals surface area contributed by atoms with E-state index in [1.165, 1.54) is 11.8 Å². The highest BCUT2D eigenvalue weighted by molar-refractivity contribution is 8.00. The summed E-state index contributed by atoms with van der Waals surface area (Å²) in [4.78, 5) is 32.8. The summed E-state index contributed by atoms with van der Waals surface area (Å²) in [6.45, 7) is 7.26. The van der Waals surface area contributed by atoms with E-state index in [0.29, 0.717) is 11.7 Å². The molecule has 1 saturated heterocycles. The smallest absolute Gasteiger partial charge is 0.263 e. The van der Waals surface area contributed by atoms with Crippen molar-refractivity contribution in [2.45, 2.75) is 81.8 Å². The minimum atomic E-state index is -0.324. The Morgan fingerprint density at radius 1 is 1.31 bits per heavy atom. The molecule has 2 aliphatic rings. The third-order valence-electron chi connectivity index (χ3n) is 6.07. The second-order valence-electron chi connectivity index (χ2n) is 8.11. The van der Waals surface area contributed by atoms with Gasteiger partial charge in [0.15, 0.2) is 5.16 Å². The van der Waals surface area contributed by atoms with Gasteiger partial charge in [-0.15, -0.1) is 11.3 Å². The number of carbonyl (C=O) groups is 1. The van der Waals surface area contributed by atoms with Crippen molar-refractivity contribution >= 4 is 39.2 Å². The number of aromatic nitrogens is 2. The Morgan fingerprint density at radius 3 is 2.76 bits per heavy atom. The highest BCUT2D eigenvalue weighted by atomic mass is 32.2. The molecule has 1 aliphatic heterocycles. The van der Waals surface area contributed by atoms with Crippen molar-refractivity contribution in [3.8, 4) is 0 Å². The molecule has 1 N–H and O–H groups in total. The molecule has 29 heavy (non-hydrogen) atoms. The maximum absolute atomic E-state index is 13.4. The number of nitrogens with zero attached hydrogens (tertiary/aromatic N) is 2.